The van der Waals surface area contributed by atoms with Gasteiger partial charge in [0.2, 0.25) is 10.0 Å². The summed E-state index contributed by atoms with van der Waals surface area (Å²) in [6.07, 6.45) is 0. The lowest BCUT2D eigenvalue weighted by Gasteiger charge is -2.07. The Morgan fingerprint density at radius 3 is 1.44 bits per heavy atom. The van der Waals surface area contributed by atoms with Crippen molar-refractivity contribution < 1.29 is 16.8 Å². The van der Waals surface area contributed by atoms with Gasteiger partial charge in [0.05, 0.1) is 9.79 Å². The van der Waals surface area contributed by atoms with Crippen LogP contribution in [0, 0.1) is 0 Å². The molecule has 4 aromatic rings. The number of hydrogen-bond acceptors (Lipinski definition) is 4. The molecule has 5 nitrogen and oxygen atoms in total. The molecule has 10 heteroatoms. The minimum atomic E-state index is -3.73. The zero-order chi connectivity index (χ0) is 22.8. The highest BCUT2D eigenvalue weighted by Crippen LogP contribution is 2.30. The van der Waals surface area contributed by atoms with Gasteiger partial charge in [0.1, 0.15) is 0 Å². The van der Waals surface area contributed by atoms with Gasteiger partial charge in [-0.1, -0.05) is 79.2 Å². The van der Waals surface area contributed by atoms with Crippen LogP contribution in [0.5, 0.6) is 0 Å². The van der Waals surface area contributed by atoms with Gasteiger partial charge >= 0.3 is 0 Å². The Kier molecular flexibility index (Phi) is 8.56. The van der Waals surface area contributed by atoms with Crippen molar-refractivity contribution in [3.63, 3.8) is 0 Å². The molecule has 4 rings (SSSR count). The number of rotatable bonds is 3. The fourth-order valence-corrected chi connectivity index (χ4v) is 5.55. The number of fused-ring (bicyclic) bond motifs is 2. The van der Waals surface area contributed by atoms with E-state index in [9.17, 15) is 16.8 Å². The molecule has 0 aliphatic heterocycles. The molecule has 0 radical (unpaired) electrons. The van der Waals surface area contributed by atoms with Crippen molar-refractivity contribution >= 4 is 74.5 Å². The quantitative estimate of drug-likeness (QED) is 0.307. The molecule has 0 saturated heterocycles. The second kappa shape index (κ2) is 10.4. The van der Waals surface area contributed by atoms with Crippen molar-refractivity contribution in [1.82, 2.24) is 4.72 Å². The van der Waals surface area contributed by atoms with Gasteiger partial charge in [0.25, 0.3) is 9.05 Å². The maximum Gasteiger partial charge on any atom is 0.261 e. The largest absolute Gasteiger partial charge is 0.261 e. The predicted octanol–water partition coefficient (Wildman–Crippen LogP) is 6.46. The molecule has 0 saturated carbocycles. The third-order valence-corrected chi connectivity index (χ3v) is 7.99. The van der Waals surface area contributed by atoms with Crippen LogP contribution < -0.4 is 4.72 Å². The van der Waals surface area contributed by atoms with E-state index >= 15 is 0 Å². The maximum atomic E-state index is 11.8. The normalized spacial score (nSPS) is 11.5. The van der Waals surface area contributed by atoms with Gasteiger partial charge in [-0.3, -0.25) is 0 Å². The van der Waals surface area contributed by atoms with Gasteiger partial charge in [-0.05, 0) is 31.3 Å². The third-order valence-electron chi connectivity index (χ3n) is 4.48. The Hall–Kier alpha value is -1.87. The fraction of sp³-hybridized carbons (Fsp3) is 0.0909. The highest BCUT2D eigenvalue weighted by atomic mass is 35.7. The van der Waals surface area contributed by atoms with Crippen molar-refractivity contribution in [2.45, 2.75) is 17.2 Å². The number of halogens is 3. The first-order valence-electron chi connectivity index (χ1n) is 8.79. The minimum absolute atomic E-state index is 0. The van der Waals surface area contributed by atoms with Crippen molar-refractivity contribution in [1.29, 1.82) is 0 Å². The Morgan fingerprint density at radius 2 is 1.00 bits per heavy atom. The van der Waals surface area contributed by atoms with Crippen LogP contribution >= 0.6 is 33.9 Å². The molecule has 170 valence electrons. The standard InChI is InChI=1S/C11H10ClNO2S.C10H6Cl2O2S.CH4/c1-13-16(14,15)11-7-3-4-8-9(11)5-2-6-10(8)12;11-9-5-1-4-8-7(9)3-2-6-10(8)15(12,13)14;/h2-7,13H,1H3;1-6H;1H4. The van der Waals surface area contributed by atoms with Crippen molar-refractivity contribution in [3.05, 3.63) is 82.8 Å². The van der Waals surface area contributed by atoms with Crippen molar-refractivity contribution in [2.75, 3.05) is 7.05 Å². The van der Waals surface area contributed by atoms with Crippen LogP contribution in [0.4, 0.5) is 0 Å². The highest BCUT2D eigenvalue weighted by molar-refractivity contribution is 8.14. The van der Waals surface area contributed by atoms with Crippen molar-refractivity contribution in [3.8, 4) is 0 Å². The first-order valence-corrected chi connectivity index (χ1v) is 13.3. The molecule has 0 spiro atoms. The Balaban J connectivity index is 0.000000220. The Morgan fingerprint density at radius 1 is 0.625 bits per heavy atom. The molecule has 0 aliphatic carbocycles. The van der Waals surface area contributed by atoms with Gasteiger partial charge in [-0.25, -0.2) is 21.6 Å². The summed E-state index contributed by atoms with van der Waals surface area (Å²) in [7, 11) is -0.476. The Labute approximate surface area is 202 Å². The lowest BCUT2D eigenvalue weighted by molar-refractivity contribution is 0.589. The van der Waals surface area contributed by atoms with Gasteiger partial charge in [-0.2, -0.15) is 0 Å². The lowest BCUT2D eigenvalue weighted by atomic mass is 10.1. The SMILES string of the molecule is C.CNS(=O)(=O)c1cccc2c(Cl)cccc12.O=S(=O)(Cl)c1cccc2c(Cl)cccc12. The number of benzene rings is 4. The van der Waals surface area contributed by atoms with Crippen LogP contribution in [0.25, 0.3) is 21.5 Å². The molecule has 4 aromatic carbocycles. The molecule has 1 N–H and O–H groups in total. The lowest BCUT2D eigenvalue weighted by Crippen LogP contribution is -2.18. The molecule has 0 bridgehead atoms. The van der Waals surface area contributed by atoms with E-state index in [1.165, 1.54) is 13.1 Å². The summed E-state index contributed by atoms with van der Waals surface area (Å²) in [6, 6.07) is 20.1. The fourth-order valence-electron chi connectivity index (χ4n) is 3.04. The van der Waals surface area contributed by atoms with Gasteiger partial charge in [0, 0.05) is 42.3 Å². The molecule has 0 amide bonds. The zero-order valence-corrected chi connectivity index (χ0v) is 19.9. The zero-order valence-electron chi connectivity index (χ0n) is 16.0. The van der Waals surface area contributed by atoms with E-state index in [0.717, 1.165) is 5.39 Å². The third kappa shape index (κ3) is 5.54. The van der Waals surface area contributed by atoms with E-state index in [1.807, 2.05) is 0 Å². The van der Waals surface area contributed by atoms with Crippen LogP contribution in [0.3, 0.4) is 0 Å². The Bertz CT molecular complexity index is 1490. The van der Waals surface area contributed by atoms with E-state index in [-0.39, 0.29) is 17.2 Å². The van der Waals surface area contributed by atoms with E-state index in [1.54, 1.807) is 66.7 Å². The molecular weight excluding hydrogens is 513 g/mol. The van der Waals surface area contributed by atoms with E-state index in [2.05, 4.69) is 4.72 Å². The summed E-state index contributed by atoms with van der Waals surface area (Å²) in [6.45, 7) is 0. The van der Waals surface area contributed by atoms with E-state index < -0.39 is 19.1 Å². The molecule has 0 aromatic heterocycles. The smallest absolute Gasteiger partial charge is 0.214 e. The summed E-state index contributed by atoms with van der Waals surface area (Å²) in [5.41, 5.74) is 0. The second-order valence-corrected chi connectivity index (χ2v) is 11.5. The van der Waals surface area contributed by atoms with Gasteiger partial charge in [-0.15, -0.1) is 0 Å². The second-order valence-electron chi connectivity index (χ2n) is 6.33. The van der Waals surface area contributed by atoms with Crippen LogP contribution in [-0.2, 0) is 19.1 Å². The number of sulfonamides is 1. The molecule has 0 heterocycles. The first kappa shape index (κ1) is 26.4. The summed E-state index contributed by atoms with van der Waals surface area (Å²) in [5, 5.41) is 3.64. The van der Waals surface area contributed by atoms with Gasteiger partial charge in [0.15, 0.2) is 0 Å². The number of hydrogen-bond donors (Lipinski definition) is 1. The molecule has 0 aliphatic rings. The summed E-state index contributed by atoms with van der Waals surface area (Å²) in [5.74, 6) is 0. The van der Waals surface area contributed by atoms with Crippen molar-refractivity contribution in [2.24, 2.45) is 0 Å². The molecule has 0 fully saturated rings. The maximum absolute atomic E-state index is 11.8. The minimum Gasteiger partial charge on any atom is -0.214 e. The highest BCUT2D eigenvalue weighted by Gasteiger charge is 2.15. The number of nitrogens with one attached hydrogen (secondary N) is 1. The average molecular weight is 533 g/mol. The molecular formula is C22H20Cl3NO4S2. The van der Waals surface area contributed by atoms with Crippen LogP contribution in [0.1, 0.15) is 7.43 Å². The average Bonchev–Trinajstić information content (AvgIpc) is 2.73. The summed E-state index contributed by atoms with van der Waals surface area (Å²) in [4.78, 5) is 0.333. The van der Waals surface area contributed by atoms with E-state index in [0.29, 0.717) is 26.2 Å². The monoisotopic (exact) mass is 531 g/mol. The van der Waals surface area contributed by atoms with E-state index in [4.69, 9.17) is 33.9 Å². The first-order chi connectivity index (χ1) is 14.6. The van der Waals surface area contributed by atoms with Gasteiger partial charge < -0.3 is 0 Å². The van der Waals surface area contributed by atoms with Crippen LogP contribution in [0.2, 0.25) is 10.0 Å². The summed E-state index contributed by atoms with van der Waals surface area (Å²) < 4.78 is 48.4. The summed E-state index contributed by atoms with van der Waals surface area (Å²) >= 11 is 11.9. The predicted molar refractivity (Wildman–Crippen MR) is 134 cm³/mol. The molecule has 0 unspecified atom stereocenters. The van der Waals surface area contributed by atoms with Crippen LogP contribution in [-0.4, -0.2) is 23.9 Å². The van der Waals surface area contributed by atoms with Crippen LogP contribution in [0.15, 0.2) is 82.6 Å². The molecule has 0 atom stereocenters. The topological polar surface area (TPSA) is 80.3 Å². The molecule has 32 heavy (non-hydrogen) atoms.